The van der Waals surface area contributed by atoms with Crippen molar-refractivity contribution in [3.8, 4) is 11.1 Å². The van der Waals surface area contributed by atoms with Gasteiger partial charge in [-0.25, -0.2) is 9.37 Å². The number of halogens is 1. The number of benzene rings is 1. The molecule has 3 aromatic heterocycles. The van der Waals surface area contributed by atoms with Crippen LogP contribution in [-0.2, 0) is 6.54 Å². The lowest BCUT2D eigenvalue weighted by Gasteiger charge is -2.26. The molecule has 1 aliphatic rings. The van der Waals surface area contributed by atoms with Crippen molar-refractivity contribution >= 4 is 22.2 Å². The second-order valence-corrected chi connectivity index (χ2v) is 10.2. The first-order chi connectivity index (χ1) is 19.5. The molecular weight excluding hydrogens is 497 g/mol. The van der Waals surface area contributed by atoms with E-state index in [0.29, 0.717) is 0 Å². The van der Waals surface area contributed by atoms with E-state index in [4.69, 9.17) is 0 Å². The molecule has 0 unspecified atom stereocenters. The van der Waals surface area contributed by atoms with Crippen molar-refractivity contribution in [2.75, 3.05) is 20.1 Å². The van der Waals surface area contributed by atoms with Crippen molar-refractivity contribution in [3.63, 3.8) is 0 Å². The van der Waals surface area contributed by atoms with Gasteiger partial charge in [0.05, 0.1) is 0 Å². The summed E-state index contributed by atoms with van der Waals surface area (Å²) in [4.78, 5) is 15.0. The fourth-order valence-electron chi connectivity index (χ4n) is 5.36. The highest BCUT2D eigenvalue weighted by Crippen LogP contribution is 2.34. The van der Waals surface area contributed by atoms with Crippen LogP contribution in [0.3, 0.4) is 0 Å². The number of nitrogens with one attached hydrogen (secondary N) is 2. The van der Waals surface area contributed by atoms with Crippen LogP contribution in [0.15, 0.2) is 97.6 Å². The summed E-state index contributed by atoms with van der Waals surface area (Å²) in [5, 5.41) is 4.25. The number of likely N-dealkylation sites (N-methyl/N-ethyl adjacent to an activating group) is 1. The lowest BCUT2D eigenvalue weighted by molar-refractivity contribution is 0.220. The number of rotatable bonds is 9. The number of allylic oxidation sites excluding steroid dienone is 4. The zero-order valence-corrected chi connectivity index (χ0v) is 23.3. The van der Waals surface area contributed by atoms with Gasteiger partial charge in [-0.1, -0.05) is 37.8 Å². The third-order valence-corrected chi connectivity index (χ3v) is 7.52. The fraction of sp³-hybridized carbons (Fsp3) is 0.235. The summed E-state index contributed by atoms with van der Waals surface area (Å²) in [5.74, 6) is -0.259. The maximum absolute atomic E-state index is 13.6. The maximum Gasteiger partial charge on any atom is 0.138 e. The van der Waals surface area contributed by atoms with Crippen LogP contribution in [0.5, 0.6) is 0 Å². The Balaban J connectivity index is 1.47. The lowest BCUT2D eigenvalue weighted by atomic mass is 9.96. The average Bonchev–Trinajstić information content (AvgIpc) is 3.43. The van der Waals surface area contributed by atoms with Crippen molar-refractivity contribution in [1.82, 2.24) is 25.2 Å². The molecule has 1 aromatic carbocycles. The summed E-state index contributed by atoms with van der Waals surface area (Å²) in [7, 11) is 1.90. The number of aromatic nitrogens is 3. The molecule has 0 radical (unpaired) electrons. The molecule has 0 aliphatic carbocycles. The number of hydrogen-bond acceptors (Lipinski definition) is 4. The molecule has 0 spiro atoms. The standard InChI is InChI=1S/C34H36FN5/c1-5-32(36-4)30(17-23(2)27-18-25(20-37-21-27)22-40-15-7-6-8-16-40)24(3)33-19-31-29(13-14-38-34(31)39-33)26-9-11-28(35)12-10-26/h5,9-14,17-21,36H,2-3,6-8,15-16,22H2,1,4H3,(H,38,39)/b30-17-,32-5+. The van der Waals surface area contributed by atoms with E-state index in [1.54, 1.807) is 18.3 Å². The molecule has 204 valence electrons. The van der Waals surface area contributed by atoms with E-state index in [0.717, 1.165) is 75.5 Å². The van der Waals surface area contributed by atoms with Crippen LogP contribution < -0.4 is 5.32 Å². The molecule has 1 aliphatic heterocycles. The molecule has 0 bridgehead atoms. The monoisotopic (exact) mass is 533 g/mol. The van der Waals surface area contributed by atoms with Crippen LogP contribution in [-0.4, -0.2) is 40.0 Å². The minimum atomic E-state index is -0.259. The quantitative estimate of drug-likeness (QED) is 0.218. The number of fused-ring (bicyclic) bond motifs is 1. The Morgan fingerprint density at radius 1 is 1.07 bits per heavy atom. The number of aromatic amines is 1. The molecule has 1 fully saturated rings. The van der Waals surface area contributed by atoms with Gasteiger partial charge in [0.15, 0.2) is 0 Å². The summed E-state index contributed by atoms with van der Waals surface area (Å²) >= 11 is 0. The highest BCUT2D eigenvalue weighted by atomic mass is 19.1. The average molecular weight is 534 g/mol. The molecule has 4 heterocycles. The SMILES string of the molecule is C=C(/C=C(C(=C)c1cc2c(-c3ccc(F)cc3)ccnc2[nH]1)\C(=C/C)NC)c1cncc(CN2CCCCC2)c1. The first-order valence-corrected chi connectivity index (χ1v) is 13.8. The van der Waals surface area contributed by atoms with E-state index in [1.807, 2.05) is 38.5 Å². The van der Waals surface area contributed by atoms with Crippen LogP contribution in [0, 0.1) is 5.82 Å². The van der Waals surface area contributed by atoms with Crippen LogP contribution in [0.2, 0.25) is 0 Å². The lowest BCUT2D eigenvalue weighted by Crippen LogP contribution is -2.29. The summed E-state index contributed by atoms with van der Waals surface area (Å²) in [6.45, 7) is 14.1. The number of H-pyrrole nitrogens is 1. The van der Waals surface area contributed by atoms with Crippen LogP contribution in [0.4, 0.5) is 4.39 Å². The van der Waals surface area contributed by atoms with E-state index in [1.165, 1.54) is 37.0 Å². The molecular formula is C34H36FN5. The minimum absolute atomic E-state index is 0.259. The Labute approximate surface area is 235 Å². The predicted octanol–water partition coefficient (Wildman–Crippen LogP) is 7.53. The molecule has 40 heavy (non-hydrogen) atoms. The van der Waals surface area contributed by atoms with Crippen molar-refractivity contribution in [3.05, 3.63) is 120 Å². The van der Waals surface area contributed by atoms with Gasteiger partial charge in [-0.05, 0) is 97.1 Å². The number of pyridine rings is 2. The molecule has 6 heteroatoms. The second kappa shape index (κ2) is 12.3. The van der Waals surface area contributed by atoms with E-state index in [-0.39, 0.29) is 5.82 Å². The van der Waals surface area contributed by atoms with E-state index in [2.05, 4.69) is 56.5 Å². The van der Waals surface area contributed by atoms with Crippen LogP contribution in [0.1, 0.15) is 43.0 Å². The Morgan fingerprint density at radius 2 is 1.85 bits per heavy atom. The maximum atomic E-state index is 13.6. The van der Waals surface area contributed by atoms with Gasteiger partial charge in [-0.15, -0.1) is 0 Å². The number of piperidine rings is 1. The topological polar surface area (TPSA) is 56.8 Å². The Morgan fingerprint density at radius 3 is 2.58 bits per heavy atom. The smallest absolute Gasteiger partial charge is 0.138 e. The Hall–Kier alpha value is -4.29. The van der Waals surface area contributed by atoms with E-state index in [9.17, 15) is 4.39 Å². The Bertz CT molecular complexity index is 1590. The van der Waals surface area contributed by atoms with Crippen LogP contribution in [0.25, 0.3) is 33.3 Å². The van der Waals surface area contributed by atoms with Gasteiger partial charge in [0.1, 0.15) is 11.5 Å². The zero-order valence-electron chi connectivity index (χ0n) is 23.3. The van der Waals surface area contributed by atoms with Gasteiger partial charge in [0.2, 0.25) is 0 Å². The van der Waals surface area contributed by atoms with Crippen molar-refractivity contribution < 1.29 is 4.39 Å². The molecule has 0 atom stereocenters. The molecule has 0 amide bonds. The van der Waals surface area contributed by atoms with Gasteiger partial charge in [0.25, 0.3) is 0 Å². The number of hydrogen-bond donors (Lipinski definition) is 2. The number of nitrogens with zero attached hydrogens (tertiary/aromatic N) is 3. The molecule has 4 aromatic rings. The normalized spacial score (nSPS) is 14.9. The summed E-state index contributed by atoms with van der Waals surface area (Å²) < 4.78 is 13.6. The van der Waals surface area contributed by atoms with E-state index < -0.39 is 0 Å². The van der Waals surface area contributed by atoms with Crippen molar-refractivity contribution in [1.29, 1.82) is 0 Å². The second-order valence-electron chi connectivity index (χ2n) is 10.2. The Kier molecular flexibility index (Phi) is 8.37. The molecule has 2 N–H and O–H groups in total. The van der Waals surface area contributed by atoms with Gasteiger partial charge in [-0.2, -0.15) is 0 Å². The summed E-state index contributed by atoms with van der Waals surface area (Å²) in [6.07, 6.45) is 13.5. The molecule has 0 saturated carbocycles. The van der Waals surface area contributed by atoms with Gasteiger partial charge >= 0.3 is 0 Å². The number of likely N-dealkylation sites (tertiary alicyclic amines) is 1. The summed E-state index contributed by atoms with van der Waals surface area (Å²) in [5.41, 5.74) is 9.22. The van der Waals surface area contributed by atoms with Gasteiger partial charge in [0, 0.05) is 60.1 Å². The largest absolute Gasteiger partial charge is 0.388 e. The highest BCUT2D eigenvalue weighted by molar-refractivity contribution is 5.97. The van der Waals surface area contributed by atoms with Gasteiger partial charge < -0.3 is 10.3 Å². The first-order valence-electron chi connectivity index (χ1n) is 13.8. The molecule has 5 rings (SSSR count). The molecule has 5 nitrogen and oxygen atoms in total. The third kappa shape index (κ3) is 5.97. The molecule has 1 saturated heterocycles. The highest BCUT2D eigenvalue weighted by Gasteiger charge is 2.16. The summed E-state index contributed by atoms with van der Waals surface area (Å²) in [6, 6.07) is 12.7. The van der Waals surface area contributed by atoms with Crippen molar-refractivity contribution in [2.45, 2.75) is 32.7 Å². The zero-order chi connectivity index (χ0) is 28.1. The van der Waals surface area contributed by atoms with Crippen molar-refractivity contribution in [2.24, 2.45) is 0 Å². The first kappa shape index (κ1) is 27.3. The van der Waals surface area contributed by atoms with Crippen LogP contribution >= 0.6 is 0 Å². The third-order valence-electron chi connectivity index (χ3n) is 7.52. The minimum Gasteiger partial charge on any atom is -0.388 e. The van der Waals surface area contributed by atoms with E-state index >= 15 is 0 Å². The fourth-order valence-corrected chi connectivity index (χ4v) is 5.36. The predicted molar refractivity (Wildman–Crippen MR) is 164 cm³/mol. The van der Waals surface area contributed by atoms with Gasteiger partial charge in [-0.3, -0.25) is 9.88 Å².